The summed E-state index contributed by atoms with van der Waals surface area (Å²) in [5.41, 5.74) is 0. The SMILES string of the molecule is C=CSCCSCC. The summed E-state index contributed by atoms with van der Waals surface area (Å²) in [6.45, 7) is 5.80. The Hall–Kier alpha value is 0.440. The second-order valence-electron chi connectivity index (χ2n) is 1.23. The van der Waals surface area contributed by atoms with Crippen LogP contribution in [0, 0.1) is 0 Å². The van der Waals surface area contributed by atoms with Crippen molar-refractivity contribution < 1.29 is 0 Å². The van der Waals surface area contributed by atoms with Crippen LogP contribution in [0.1, 0.15) is 6.92 Å². The lowest BCUT2D eigenvalue weighted by molar-refractivity contribution is 1.48. The number of hydrogen-bond donors (Lipinski definition) is 0. The monoisotopic (exact) mass is 148 g/mol. The zero-order valence-corrected chi connectivity index (χ0v) is 6.86. The first-order valence-electron chi connectivity index (χ1n) is 2.72. The molecular weight excluding hydrogens is 136 g/mol. The van der Waals surface area contributed by atoms with Crippen LogP contribution in [0.5, 0.6) is 0 Å². The molecule has 0 nitrogen and oxygen atoms in total. The summed E-state index contributed by atoms with van der Waals surface area (Å²) in [7, 11) is 0. The third kappa shape index (κ3) is 6.44. The van der Waals surface area contributed by atoms with Gasteiger partial charge in [-0.05, 0) is 11.2 Å². The van der Waals surface area contributed by atoms with Gasteiger partial charge in [0.05, 0.1) is 0 Å². The van der Waals surface area contributed by atoms with Crippen molar-refractivity contribution in [2.24, 2.45) is 0 Å². The lowest BCUT2D eigenvalue weighted by Gasteiger charge is -1.92. The molecular formula is C6H12S2. The van der Waals surface area contributed by atoms with Crippen LogP contribution in [0.25, 0.3) is 0 Å². The van der Waals surface area contributed by atoms with E-state index in [4.69, 9.17) is 0 Å². The van der Waals surface area contributed by atoms with E-state index >= 15 is 0 Å². The van der Waals surface area contributed by atoms with E-state index in [1.807, 2.05) is 17.2 Å². The third-order valence-electron chi connectivity index (χ3n) is 0.667. The van der Waals surface area contributed by atoms with Gasteiger partial charge in [-0.15, -0.1) is 11.8 Å². The molecule has 0 aromatic rings. The topological polar surface area (TPSA) is 0 Å². The Bertz CT molecular complexity index is 52.5. The van der Waals surface area contributed by atoms with Crippen LogP contribution in [0.2, 0.25) is 0 Å². The summed E-state index contributed by atoms with van der Waals surface area (Å²) in [6, 6.07) is 0. The number of thioether (sulfide) groups is 2. The average molecular weight is 148 g/mol. The van der Waals surface area contributed by atoms with Crippen molar-refractivity contribution in [1.82, 2.24) is 0 Å². The van der Waals surface area contributed by atoms with E-state index in [2.05, 4.69) is 13.5 Å². The molecule has 0 bridgehead atoms. The lowest BCUT2D eigenvalue weighted by Crippen LogP contribution is -1.80. The standard InChI is InChI=1S/C6H12S2/c1-3-7-5-6-8-4-2/h3H,1,4-6H2,2H3. The molecule has 0 atom stereocenters. The van der Waals surface area contributed by atoms with Crippen LogP contribution in [0.15, 0.2) is 12.0 Å². The van der Waals surface area contributed by atoms with Crippen LogP contribution >= 0.6 is 23.5 Å². The molecule has 0 rings (SSSR count). The summed E-state index contributed by atoms with van der Waals surface area (Å²) in [5.74, 6) is 3.70. The molecule has 0 amide bonds. The van der Waals surface area contributed by atoms with Gasteiger partial charge in [-0.3, -0.25) is 0 Å². The minimum atomic E-state index is 1.21. The molecule has 8 heavy (non-hydrogen) atoms. The van der Waals surface area contributed by atoms with Crippen LogP contribution in [-0.4, -0.2) is 17.3 Å². The molecule has 0 saturated carbocycles. The molecule has 0 fully saturated rings. The highest BCUT2D eigenvalue weighted by Gasteiger charge is 1.81. The predicted octanol–water partition coefficient (Wildman–Crippen LogP) is 2.62. The highest BCUT2D eigenvalue weighted by Crippen LogP contribution is 2.05. The van der Waals surface area contributed by atoms with Crippen LogP contribution in [0.3, 0.4) is 0 Å². The maximum absolute atomic E-state index is 3.61. The van der Waals surface area contributed by atoms with Crippen molar-refractivity contribution in [3.8, 4) is 0 Å². The highest BCUT2D eigenvalue weighted by molar-refractivity contribution is 8.04. The van der Waals surface area contributed by atoms with Gasteiger partial charge >= 0.3 is 0 Å². The van der Waals surface area contributed by atoms with E-state index in [0.29, 0.717) is 0 Å². The quantitative estimate of drug-likeness (QED) is 0.550. The highest BCUT2D eigenvalue weighted by atomic mass is 32.2. The van der Waals surface area contributed by atoms with Gasteiger partial charge in [-0.1, -0.05) is 13.5 Å². The van der Waals surface area contributed by atoms with Crippen LogP contribution in [-0.2, 0) is 0 Å². The second-order valence-corrected chi connectivity index (χ2v) is 3.70. The van der Waals surface area contributed by atoms with Gasteiger partial charge in [0.1, 0.15) is 0 Å². The second kappa shape index (κ2) is 7.44. The van der Waals surface area contributed by atoms with Crippen molar-refractivity contribution in [3.63, 3.8) is 0 Å². The summed E-state index contributed by atoms with van der Waals surface area (Å²) in [5, 5.41) is 1.90. The Kier molecular flexibility index (Phi) is 7.85. The Balaban J connectivity index is 2.62. The zero-order chi connectivity index (χ0) is 6.24. The molecule has 2 heteroatoms. The molecule has 0 unspecified atom stereocenters. The van der Waals surface area contributed by atoms with Crippen LogP contribution in [0.4, 0.5) is 0 Å². The summed E-state index contributed by atoms with van der Waals surface area (Å²) < 4.78 is 0. The normalized spacial score (nSPS) is 9.12. The summed E-state index contributed by atoms with van der Waals surface area (Å²) in [6.07, 6.45) is 0. The average Bonchev–Trinajstić information content (AvgIpc) is 1.81. The molecule has 0 radical (unpaired) electrons. The Morgan fingerprint density at radius 3 is 2.75 bits per heavy atom. The first-order chi connectivity index (χ1) is 3.91. The minimum Gasteiger partial charge on any atom is -0.161 e. The molecule has 48 valence electrons. The molecule has 0 aromatic heterocycles. The minimum absolute atomic E-state index is 1.21. The van der Waals surface area contributed by atoms with Gasteiger partial charge in [0.2, 0.25) is 0 Å². The number of rotatable bonds is 5. The van der Waals surface area contributed by atoms with E-state index in [-0.39, 0.29) is 0 Å². The molecule has 0 spiro atoms. The fraction of sp³-hybridized carbons (Fsp3) is 0.667. The lowest BCUT2D eigenvalue weighted by atomic mass is 10.9. The molecule has 0 aliphatic carbocycles. The first kappa shape index (κ1) is 8.44. The summed E-state index contributed by atoms with van der Waals surface area (Å²) >= 11 is 3.77. The van der Waals surface area contributed by atoms with E-state index in [0.717, 1.165) is 0 Å². The van der Waals surface area contributed by atoms with Crippen molar-refractivity contribution >= 4 is 23.5 Å². The van der Waals surface area contributed by atoms with Gasteiger partial charge in [0.15, 0.2) is 0 Å². The Morgan fingerprint density at radius 2 is 2.25 bits per heavy atom. The molecule has 0 aliphatic rings. The molecule has 0 aromatic carbocycles. The van der Waals surface area contributed by atoms with Gasteiger partial charge in [-0.2, -0.15) is 11.8 Å². The van der Waals surface area contributed by atoms with Crippen molar-refractivity contribution in [2.75, 3.05) is 17.3 Å². The van der Waals surface area contributed by atoms with Crippen molar-refractivity contribution in [1.29, 1.82) is 0 Å². The van der Waals surface area contributed by atoms with E-state index < -0.39 is 0 Å². The molecule has 0 N–H and O–H groups in total. The van der Waals surface area contributed by atoms with E-state index in [1.165, 1.54) is 17.3 Å². The number of hydrogen-bond acceptors (Lipinski definition) is 2. The summed E-state index contributed by atoms with van der Waals surface area (Å²) in [4.78, 5) is 0. The molecule has 0 heterocycles. The maximum atomic E-state index is 3.61. The fourth-order valence-electron chi connectivity index (χ4n) is 0.335. The van der Waals surface area contributed by atoms with Crippen LogP contribution < -0.4 is 0 Å². The fourth-order valence-corrected chi connectivity index (χ4v) is 1.65. The van der Waals surface area contributed by atoms with Gasteiger partial charge in [-0.25, -0.2) is 0 Å². The Morgan fingerprint density at radius 1 is 1.50 bits per heavy atom. The van der Waals surface area contributed by atoms with Gasteiger partial charge < -0.3 is 0 Å². The largest absolute Gasteiger partial charge is 0.161 e. The predicted molar refractivity (Wildman–Crippen MR) is 45.7 cm³/mol. The van der Waals surface area contributed by atoms with E-state index in [1.54, 1.807) is 11.8 Å². The molecule has 0 aliphatic heterocycles. The zero-order valence-electron chi connectivity index (χ0n) is 5.22. The maximum Gasteiger partial charge on any atom is 0.00649 e. The Labute approximate surface area is 60.1 Å². The van der Waals surface area contributed by atoms with Gasteiger partial charge in [0.25, 0.3) is 0 Å². The first-order valence-corrected chi connectivity index (χ1v) is 4.92. The third-order valence-corrected chi connectivity index (χ3v) is 2.50. The smallest absolute Gasteiger partial charge is 0.00649 e. The van der Waals surface area contributed by atoms with E-state index in [9.17, 15) is 0 Å². The van der Waals surface area contributed by atoms with Crippen molar-refractivity contribution in [2.45, 2.75) is 6.92 Å². The molecule has 0 saturated heterocycles. The van der Waals surface area contributed by atoms with Gasteiger partial charge in [0, 0.05) is 11.5 Å². The van der Waals surface area contributed by atoms with Crippen molar-refractivity contribution in [3.05, 3.63) is 12.0 Å².